The maximum atomic E-state index is 3.78. The summed E-state index contributed by atoms with van der Waals surface area (Å²) in [6.07, 6.45) is 0. The Labute approximate surface area is 179 Å². The summed E-state index contributed by atoms with van der Waals surface area (Å²) in [6.45, 7) is 13.4. The van der Waals surface area contributed by atoms with Gasteiger partial charge in [-0.2, -0.15) is 0 Å². The van der Waals surface area contributed by atoms with Gasteiger partial charge >= 0.3 is 0 Å². The zero-order valence-electron chi connectivity index (χ0n) is 14.8. The Bertz CT molecular complexity index is 664. The van der Waals surface area contributed by atoms with E-state index in [9.17, 15) is 0 Å². The lowest BCUT2D eigenvalue weighted by atomic mass is 9.85. The first kappa shape index (κ1) is 20.7. The minimum atomic E-state index is 0.105. The molecule has 0 saturated carbocycles. The second-order valence-corrected chi connectivity index (χ2v) is 11.5. The van der Waals surface area contributed by atoms with E-state index in [1.54, 1.807) is 0 Å². The van der Waals surface area contributed by atoms with Gasteiger partial charge < -0.3 is 0 Å². The third-order valence-electron chi connectivity index (χ3n) is 4.07. The van der Waals surface area contributed by atoms with Crippen LogP contribution in [0.4, 0.5) is 0 Å². The maximum absolute atomic E-state index is 3.78. The first-order valence-corrected chi connectivity index (χ1v) is 11.0. The van der Waals surface area contributed by atoms with Gasteiger partial charge in [0.2, 0.25) is 0 Å². The molecule has 0 atom stereocenters. The third kappa shape index (κ3) is 4.36. The van der Waals surface area contributed by atoms with Crippen molar-refractivity contribution in [1.82, 2.24) is 0 Å². The molecule has 0 amide bonds. The minimum absolute atomic E-state index is 0.105. The molecule has 0 heterocycles. The molecule has 0 unspecified atom stereocenters. The molecule has 0 fully saturated rings. The highest BCUT2D eigenvalue weighted by atomic mass is 79.9. The lowest BCUT2D eigenvalue weighted by Crippen LogP contribution is -2.12. The summed E-state index contributed by atoms with van der Waals surface area (Å²) in [5, 5.41) is 0. The number of halogens is 4. The number of rotatable bonds is 1. The normalized spacial score (nSPS) is 12.6. The second-order valence-electron chi connectivity index (χ2n) is 8.13. The van der Waals surface area contributed by atoms with Gasteiger partial charge in [-0.3, -0.25) is 0 Å². The topological polar surface area (TPSA) is 0 Å². The monoisotopic (exact) mass is 578 g/mol. The predicted molar refractivity (Wildman–Crippen MR) is 120 cm³/mol. The van der Waals surface area contributed by atoms with E-state index in [4.69, 9.17) is 0 Å². The average molecular weight is 582 g/mol. The van der Waals surface area contributed by atoms with Crippen molar-refractivity contribution in [2.45, 2.75) is 52.4 Å². The van der Waals surface area contributed by atoms with E-state index in [2.05, 4.69) is 130 Å². The van der Waals surface area contributed by atoms with Crippen LogP contribution in [0.25, 0.3) is 11.1 Å². The third-order valence-corrected chi connectivity index (χ3v) is 6.57. The van der Waals surface area contributed by atoms with Crippen LogP contribution in [0, 0.1) is 0 Å². The van der Waals surface area contributed by atoms with Crippen molar-refractivity contribution in [3.8, 4) is 11.1 Å². The zero-order valence-corrected chi connectivity index (χ0v) is 21.2. The van der Waals surface area contributed by atoms with Crippen LogP contribution in [-0.2, 0) is 10.8 Å². The van der Waals surface area contributed by atoms with Gasteiger partial charge in [0.25, 0.3) is 0 Å². The quantitative estimate of drug-likeness (QED) is 0.315. The van der Waals surface area contributed by atoms with E-state index >= 15 is 0 Å². The molecule has 4 heteroatoms. The Hall–Kier alpha value is 0.360. The van der Waals surface area contributed by atoms with E-state index < -0.39 is 0 Å². The molecule has 2 aromatic carbocycles. The van der Waals surface area contributed by atoms with Gasteiger partial charge in [-0.1, -0.05) is 105 Å². The maximum Gasteiger partial charge on any atom is 0.0268 e. The van der Waals surface area contributed by atoms with Gasteiger partial charge in [-0.05, 0) is 46.2 Å². The molecule has 0 N–H and O–H groups in total. The summed E-state index contributed by atoms with van der Waals surface area (Å²) in [5.74, 6) is 0. The first-order valence-electron chi connectivity index (χ1n) is 7.82. The Balaban J connectivity index is 2.70. The van der Waals surface area contributed by atoms with Crippen LogP contribution in [0.1, 0.15) is 52.7 Å². The van der Waals surface area contributed by atoms with Gasteiger partial charge in [0.1, 0.15) is 0 Å². The Morgan fingerprint density at radius 2 is 0.708 bits per heavy atom. The molecule has 0 bridgehead atoms. The molecule has 0 radical (unpaired) electrons. The molecule has 2 aromatic rings. The fourth-order valence-corrected chi connectivity index (χ4v) is 5.66. The van der Waals surface area contributed by atoms with Crippen molar-refractivity contribution in [3.05, 3.63) is 53.3 Å². The standard InChI is InChI=1S/C20H22Br4/c1-19(2,3)11-7-13(21)17(14(22)8-11)18-15(23)9-12(10-16(18)24)20(4,5)6/h7-10H,1-6H3. The number of hydrogen-bond acceptors (Lipinski definition) is 0. The van der Waals surface area contributed by atoms with Crippen molar-refractivity contribution >= 4 is 63.7 Å². The van der Waals surface area contributed by atoms with Crippen molar-refractivity contribution in [2.24, 2.45) is 0 Å². The van der Waals surface area contributed by atoms with Crippen LogP contribution in [-0.4, -0.2) is 0 Å². The second kappa shape index (κ2) is 7.17. The van der Waals surface area contributed by atoms with E-state index in [1.807, 2.05) is 0 Å². The van der Waals surface area contributed by atoms with Crippen LogP contribution in [0.15, 0.2) is 42.2 Å². The van der Waals surface area contributed by atoms with Gasteiger partial charge in [-0.25, -0.2) is 0 Å². The van der Waals surface area contributed by atoms with E-state index in [0.717, 1.165) is 29.0 Å². The number of hydrogen-bond donors (Lipinski definition) is 0. The highest BCUT2D eigenvalue weighted by Gasteiger charge is 2.23. The molecule has 0 nitrogen and oxygen atoms in total. The zero-order chi connectivity index (χ0) is 18.4. The van der Waals surface area contributed by atoms with Gasteiger partial charge in [-0.15, -0.1) is 0 Å². The summed E-state index contributed by atoms with van der Waals surface area (Å²) < 4.78 is 4.36. The summed E-state index contributed by atoms with van der Waals surface area (Å²) in [6, 6.07) is 8.88. The lowest BCUT2D eigenvalue weighted by Gasteiger charge is -2.24. The molecule has 0 aliphatic carbocycles. The Morgan fingerprint density at radius 3 is 0.875 bits per heavy atom. The summed E-state index contributed by atoms with van der Waals surface area (Å²) in [5.41, 5.74) is 5.11. The van der Waals surface area contributed by atoms with Gasteiger partial charge in [0, 0.05) is 29.0 Å². The minimum Gasteiger partial charge on any atom is -0.0561 e. The fraction of sp³-hybridized carbons (Fsp3) is 0.400. The van der Waals surface area contributed by atoms with E-state index in [1.165, 1.54) is 11.1 Å². The summed E-state index contributed by atoms with van der Waals surface area (Å²) in [7, 11) is 0. The highest BCUT2D eigenvalue weighted by molar-refractivity contribution is 9.11. The predicted octanol–water partition coefficient (Wildman–Crippen LogP) is 9.00. The van der Waals surface area contributed by atoms with Crippen molar-refractivity contribution in [3.63, 3.8) is 0 Å². The Morgan fingerprint density at radius 1 is 0.500 bits per heavy atom. The van der Waals surface area contributed by atoms with E-state index in [-0.39, 0.29) is 10.8 Å². The number of benzene rings is 2. The molecule has 0 aromatic heterocycles. The molecule has 24 heavy (non-hydrogen) atoms. The summed E-state index contributed by atoms with van der Waals surface area (Å²) in [4.78, 5) is 0. The van der Waals surface area contributed by atoms with Crippen molar-refractivity contribution in [2.75, 3.05) is 0 Å². The van der Waals surface area contributed by atoms with Gasteiger partial charge in [0.15, 0.2) is 0 Å². The van der Waals surface area contributed by atoms with Crippen molar-refractivity contribution in [1.29, 1.82) is 0 Å². The molecule has 0 saturated heterocycles. The van der Waals surface area contributed by atoms with Crippen LogP contribution in [0.5, 0.6) is 0 Å². The average Bonchev–Trinajstić information content (AvgIpc) is 2.38. The Kier molecular flexibility index (Phi) is 6.17. The van der Waals surface area contributed by atoms with Crippen LogP contribution >= 0.6 is 63.7 Å². The SMILES string of the molecule is CC(C)(C)c1cc(Br)c(-c2c(Br)cc(C(C)(C)C)cc2Br)c(Br)c1. The molecule has 0 aliphatic heterocycles. The van der Waals surface area contributed by atoms with Crippen LogP contribution in [0.3, 0.4) is 0 Å². The highest BCUT2D eigenvalue weighted by Crippen LogP contribution is 2.46. The smallest absolute Gasteiger partial charge is 0.0268 e. The molecule has 0 aliphatic rings. The van der Waals surface area contributed by atoms with Crippen LogP contribution in [0.2, 0.25) is 0 Å². The van der Waals surface area contributed by atoms with Crippen LogP contribution < -0.4 is 0 Å². The molecule has 130 valence electrons. The fourth-order valence-electron chi connectivity index (χ4n) is 2.49. The molecule has 0 spiro atoms. The summed E-state index contributed by atoms with van der Waals surface area (Å²) >= 11 is 15.1. The van der Waals surface area contributed by atoms with Gasteiger partial charge in [0.05, 0.1) is 0 Å². The lowest BCUT2D eigenvalue weighted by molar-refractivity contribution is 0.589. The molecular weight excluding hydrogens is 560 g/mol. The van der Waals surface area contributed by atoms with E-state index in [0.29, 0.717) is 0 Å². The van der Waals surface area contributed by atoms with Crippen molar-refractivity contribution < 1.29 is 0 Å². The molecular formula is C20H22Br4. The molecule has 2 rings (SSSR count). The largest absolute Gasteiger partial charge is 0.0561 e. The first-order chi connectivity index (χ1) is 10.8.